The zero-order valence-electron chi connectivity index (χ0n) is 12.3. The van der Waals surface area contributed by atoms with Crippen LogP contribution < -0.4 is 4.74 Å². The quantitative estimate of drug-likeness (QED) is 0.551. The van der Waals surface area contributed by atoms with E-state index in [9.17, 15) is 26.7 Å². The number of rotatable bonds is 5. The fourth-order valence-corrected chi connectivity index (χ4v) is 3.12. The van der Waals surface area contributed by atoms with Crippen LogP contribution in [0, 0.1) is 17.6 Å². The van der Waals surface area contributed by atoms with Crippen molar-refractivity contribution in [2.24, 2.45) is 5.92 Å². The largest absolute Gasteiger partial charge is 0.573 e. The lowest BCUT2D eigenvalue weighted by Crippen LogP contribution is -2.19. The summed E-state index contributed by atoms with van der Waals surface area (Å²) in [4.78, 5) is 10.4. The highest BCUT2D eigenvalue weighted by Gasteiger charge is 2.34. The molecule has 128 valence electrons. The van der Waals surface area contributed by atoms with Crippen molar-refractivity contribution in [3.63, 3.8) is 0 Å². The van der Waals surface area contributed by atoms with Gasteiger partial charge in [0.05, 0.1) is 0 Å². The van der Waals surface area contributed by atoms with Gasteiger partial charge in [-0.3, -0.25) is 0 Å². The molecular weight excluding hydrogens is 319 g/mol. The lowest BCUT2D eigenvalue weighted by atomic mass is 9.77. The first-order valence-electron chi connectivity index (χ1n) is 7.48. The summed E-state index contributed by atoms with van der Waals surface area (Å²) in [6, 6.07) is 1.83. The number of hydrogen-bond acceptors (Lipinski definition) is 2. The first-order chi connectivity index (χ1) is 10.8. The van der Waals surface area contributed by atoms with Crippen molar-refractivity contribution >= 4 is 6.29 Å². The normalized spacial score (nSPS) is 22.0. The van der Waals surface area contributed by atoms with Crippen LogP contribution in [0.3, 0.4) is 0 Å². The van der Waals surface area contributed by atoms with Gasteiger partial charge < -0.3 is 9.53 Å². The van der Waals surface area contributed by atoms with Gasteiger partial charge in [0.2, 0.25) is 5.75 Å². The third kappa shape index (κ3) is 4.91. The Labute approximate surface area is 130 Å². The molecule has 1 aromatic carbocycles. The van der Waals surface area contributed by atoms with Gasteiger partial charge in [0.25, 0.3) is 0 Å². The first-order valence-corrected chi connectivity index (χ1v) is 7.48. The van der Waals surface area contributed by atoms with Crippen molar-refractivity contribution in [2.45, 2.75) is 50.8 Å². The Kier molecular flexibility index (Phi) is 5.59. The molecule has 0 heterocycles. The maximum absolute atomic E-state index is 13.7. The minimum atomic E-state index is -5.14. The second-order valence-electron chi connectivity index (χ2n) is 5.82. The Morgan fingerprint density at radius 2 is 1.65 bits per heavy atom. The molecule has 0 bridgehead atoms. The molecule has 2 nitrogen and oxygen atoms in total. The minimum absolute atomic E-state index is 0.0913. The molecule has 0 spiro atoms. The highest BCUT2D eigenvalue weighted by atomic mass is 19.4. The van der Waals surface area contributed by atoms with E-state index in [0.29, 0.717) is 30.7 Å². The van der Waals surface area contributed by atoms with E-state index in [1.165, 1.54) is 0 Å². The number of alkyl halides is 3. The Balaban J connectivity index is 2.06. The van der Waals surface area contributed by atoms with Crippen LogP contribution in [0.4, 0.5) is 22.0 Å². The molecule has 2 rings (SSSR count). The van der Waals surface area contributed by atoms with E-state index in [1.807, 2.05) is 0 Å². The minimum Gasteiger partial charge on any atom is -0.399 e. The molecule has 0 saturated heterocycles. The molecular formula is C16H17F5O2. The molecule has 0 unspecified atom stereocenters. The van der Waals surface area contributed by atoms with Crippen LogP contribution in [0.2, 0.25) is 0 Å². The standard InChI is InChI=1S/C16H17F5O2/c17-13-8-12(9-14(18)15(13)23-16(19,20)21)11-5-3-10(4-6-11)2-1-7-22/h7-11H,1-6H2. The maximum atomic E-state index is 13.7. The van der Waals surface area contributed by atoms with Crippen LogP contribution in [0.1, 0.15) is 50.0 Å². The van der Waals surface area contributed by atoms with Crippen molar-refractivity contribution in [2.75, 3.05) is 0 Å². The van der Waals surface area contributed by atoms with Gasteiger partial charge in [-0.15, -0.1) is 13.2 Å². The second kappa shape index (κ2) is 7.27. The summed E-state index contributed by atoms with van der Waals surface area (Å²) in [5.41, 5.74) is 0.350. The monoisotopic (exact) mass is 336 g/mol. The van der Waals surface area contributed by atoms with E-state index in [1.54, 1.807) is 0 Å². The van der Waals surface area contributed by atoms with E-state index >= 15 is 0 Å². The van der Waals surface area contributed by atoms with Gasteiger partial charge in [-0.2, -0.15) is 0 Å². The molecule has 7 heteroatoms. The van der Waals surface area contributed by atoms with Crippen molar-refractivity contribution in [3.8, 4) is 5.75 Å². The Morgan fingerprint density at radius 3 is 2.13 bits per heavy atom. The molecule has 0 N–H and O–H groups in total. The molecule has 1 aliphatic rings. The molecule has 0 amide bonds. The van der Waals surface area contributed by atoms with E-state index in [-0.39, 0.29) is 5.92 Å². The summed E-state index contributed by atoms with van der Waals surface area (Å²) in [5.74, 6) is -3.79. The van der Waals surface area contributed by atoms with Gasteiger partial charge in [0.15, 0.2) is 11.6 Å². The molecule has 0 radical (unpaired) electrons. The molecule has 23 heavy (non-hydrogen) atoms. The number of aldehydes is 1. The van der Waals surface area contributed by atoms with Gasteiger partial charge in [-0.25, -0.2) is 8.78 Å². The van der Waals surface area contributed by atoms with Crippen LogP contribution in [0.5, 0.6) is 5.75 Å². The summed E-state index contributed by atoms with van der Waals surface area (Å²) in [6.45, 7) is 0. The van der Waals surface area contributed by atoms with Gasteiger partial charge in [-0.05, 0) is 61.6 Å². The number of carbonyl (C=O) groups excluding carboxylic acids is 1. The molecule has 0 aliphatic heterocycles. The molecule has 0 atom stereocenters. The van der Waals surface area contributed by atoms with Crippen molar-refractivity contribution < 1.29 is 31.5 Å². The summed E-state index contributed by atoms with van der Waals surface area (Å²) in [6.07, 6.45) is 0.101. The number of benzene rings is 1. The second-order valence-corrected chi connectivity index (χ2v) is 5.82. The van der Waals surface area contributed by atoms with E-state index in [2.05, 4.69) is 4.74 Å². The van der Waals surface area contributed by atoms with E-state index in [0.717, 1.165) is 37.7 Å². The van der Waals surface area contributed by atoms with Crippen LogP contribution in [-0.2, 0) is 4.79 Å². The third-order valence-corrected chi connectivity index (χ3v) is 4.25. The average molecular weight is 336 g/mol. The van der Waals surface area contributed by atoms with Gasteiger partial charge >= 0.3 is 6.36 Å². The van der Waals surface area contributed by atoms with Crippen molar-refractivity contribution in [1.82, 2.24) is 0 Å². The van der Waals surface area contributed by atoms with Crippen molar-refractivity contribution in [3.05, 3.63) is 29.3 Å². The predicted octanol–water partition coefficient (Wildman–Crippen LogP) is 5.12. The Morgan fingerprint density at radius 1 is 1.09 bits per heavy atom. The predicted molar refractivity (Wildman–Crippen MR) is 73.0 cm³/mol. The molecule has 1 fully saturated rings. The van der Waals surface area contributed by atoms with Gasteiger partial charge in [0.1, 0.15) is 6.29 Å². The van der Waals surface area contributed by atoms with Crippen LogP contribution >= 0.6 is 0 Å². The van der Waals surface area contributed by atoms with Crippen molar-refractivity contribution in [1.29, 1.82) is 0 Å². The topological polar surface area (TPSA) is 26.3 Å². The lowest BCUT2D eigenvalue weighted by Gasteiger charge is -2.28. The van der Waals surface area contributed by atoms with E-state index < -0.39 is 23.7 Å². The smallest absolute Gasteiger partial charge is 0.399 e. The summed E-state index contributed by atoms with van der Waals surface area (Å²) >= 11 is 0. The average Bonchev–Trinajstić information content (AvgIpc) is 2.48. The third-order valence-electron chi connectivity index (χ3n) is 4.25. The first kappa shape index (κ1) is 17.7. The van der Waals surface area contributed by atoms with E-state index in [4.69, 9.17) is 0 Å². The lowest BCUT2D eigenvalue weighted by molar-refractivity contribution is -0.276. The molecule has 1 aliphatic carbocycles. The number of hydrogen-bond donors (Lipinski definition) is 0. The Hall–Kier alpha value is -1.66. The van der Waals surface area contributed by atoms with Gasteiger partial charge in [-0.1, -0.05) is 0 Å². The zero-order valence-corrected chi connectivity index (χ0v) is 12.3. The van der Waals surface area contributed by atoms with Crippen LogP contribution in [-0.4, -0.2) is 12.6 Å². The summed E-state index contributed by atoms with van der Waals surface area (Å²) in [7, 11) is 0. The van der Waals surface area contributed by atoms with Gasteiger partial charge in [0, 0.05) is 6.42 Å². The zero-order chi connectivity index (χ0) is 17.0. The molecule has 1 aromatic rings. The van der Waals surface area contributed by atoms with Crippen LogP contribution in [0.25, 0.3) is 0 Å². The molecule has 1 saturated carbocycles. The maximum Gasteiger partial charge on any atom is 0.573 e. The SMILES string of the molecule is O=CCCC1CCC(c2cc(F)c(OC(F)(F)F)c(F)c2)CC1. The summed E-state index contributed by atoms with van der Waals surface area (Å²) in [5, 5.41) is 0. The van der Waals surface area contributed by atoms with Crippen LogP contribution in [0.15, 0.2) is 12.1 Å². The molecule has 0 aromatic heterocycles. The number of halogens is 5. The fraction of sp³-hybridized carbons (Fsp3) is 0.562. The summed E-state index contributed by atoms with van der Waals surface area (Å²) < 4.78 is 67.2. The highest BCUT2D eigenvalue weighted by Crippen LogP contribution is 2.39. The highest BCUT2D eigenvalue weighted by molar-refractivity contribution is 5.49. The number of carbonyl (C=O) groups is 1. The Bertz CT molecular complexity index is 525. The number of ether oxygens (including phenoxy) is 1. The fourth-order valence-electron chi connectivity index (χ4n) is 3.12.